The van der Waals surface area contributed by atoms with Gasteiger partial charge in [0.25, 0.3) is 5.91 Å². The van der Waals surface area contributed by atoms with Gasteiger partial charge in [0.2, 0.25) is 0 Å². The van der Waals surface area contributed by atoms with Crippen LogP contribution in [0.2, 0.25) is 0 Å². The molecule has 0 fully saturated rings. The molecule has 0 aliphatic heterocycles. The molecule has 0 unspecified atom stereocenters. The number of alkyl halides is 3. The van der Waals surface area contributed by atoms with E-state index in [9.17, 15) is 27.5 Å². The van der Waals surface area contributed by atoms with Crippen LogP contribution in [0.3, 0.4) is 0 Å². The molecule has 8 nitrogen and oxygen atoms in total. The molecule has 0 saturated carbocycles. The molecule has 0 saturated heterocycles. The molecule has 35 heavy (non-hydrogen) atoms. The Labute approximate surface area is 196 Å². The monoisotopic (exact) mass is 489 g/mol. The highest BCUT2D eigenvalue weighted by Gasteiger charge is 2.33. The zero-order chi connectivity index (χ0) is 25.5. The molecule has 1 amide bonds. The number of hydrogen-bond acceptors (Lipinski definition) is 6. The minimum Gasteiger partial charge on any atom is -0.405 e. The molecule has 0 aliphatic rings. The first-order valence-electron chi connectivity index (χ1n) is 10.2. The third kappa shape index (κ3) is 5.01. The number of nitrogens with zero attached hydrogens (tertiary/aromatic N) is 3. The first kappa shape index (κ1) is 24.0. The summed E-state index contributed by atoms with van der Waals surface area (Å²) in [7, 11) is 1.66. The van der Waals surface area contributed by atoms with Crippen LogP contribution in [0.1, 0.15) is 17.5 Å². The van der Waals surface area contributed by atoms with Crippen molar-refractivity contribution in [1.29, 1.82) is 0 Å². The predicted molar refractivity (Wildman–Crippen MR) is 120 cm³/mol. The molecule has 0 spiro atoms. The number of aliphatic hydroxyl groups excluding tert-OH is 1. The van der Waals surface area contributed by atoms with Gasteiger partial charge in [0.15, 0.2) is 6.10 Å². The second kappa shape index (κ2) is 8.87. The number of rotatable bonds is 5. The summed E-state index contributed by atoms with van der Waals surface area (Å²) in [6.45, 7) is 1.64. The van der Waals surface area contributed by atoms with Crippen LogP contribution >= 0.6 is 0 Å². The highest BCUT2D eigenvalue weighted by atomic mass is 19.4. The van der Waals surface area contributed by atoms with Crippen LogP contribution in [0.5, 0.6) is 5.75 Å². The number of carbonyl (C=O) groups is 1. The third-order valence-electron chi connectivity index (χ3n) is 5.13. The van der Waals surface area contributed by atoms with Crippen LogP contribution in [0.15, 0.2) is 48.7 Å². The highest BCUT2D eigenvalue weighted by molar-refractivity contribution is 6.02. The number of hydrogen-bond donors (Lipinski definition) is 3. The Balaban J connectivity index is 1.74. The molecular formula is C23H19F4N5O3. The van der Waals surface area contributed by atoms with Crippen LogP contribution in [0.25, 0.3) is 22.2 Å². The van der Waals surface area contributed by atoms with Crippen molar-refractivity contribution in [3.63, 3.8) is 0 Å². The molecule has 0 aliphatic carbocycles. The van der Waals surface area contributed by atoms with E-state index in [0.29, 0.717) is 16.9 Å². The lowest BCUT2D eigenvalue weighted by Crippen LogP contribution is -2.21. The summed E-state index contributed by atoms with van der Waals surface area (Å²) in [5.74, 6) is -1.78. The molecule has 0 radical (unpaired) electrons. The van der Waals surface area contributed by atoms with E-state index in [-0.39, 0.29) is 28.2 Å². The van der Waals surface area contributed by atoms with Crippen molar-refractivity contribution in [2.24, 2.45) is 7.05 Å². The summed E-state index contributed by atoms with van der Waals surface area (Å²) in [6.07, 6.45) is -5.25. The number of fused-ring (bicyclic) bond motifs is 1. The van der Waals surface area contributed by atoms with E-state index in [1.165, 1.54) is 24.3 Å². The van der Waals surface area contributed by atoms with Gasteiger partial charge in [-0.3, -0.25) is 4.79 Å². The maximum absolute atomic E-state index is 13.4. The molecule has 0 bridgehead atoms. The number of aliphatic hydroxyl groups is 1. The smallest absolute Gasteiger partial charge is 0.405 e. The number of anilines is 2. The number of amides is 1. The normalized spacial score (nSPS) is 12.5. The number of nitrogen functional groups attached to an aromatic ring is 1. The largest absolute Gasteiger partial charge is 0.573 e. The van der Waals surface area contributed by atoms with Crippen molar-refractivity contribution < 1.29 is 32.2 Å². The maximum Gasteiger partial charge on any atom is 0.573 e. The Hall–Kier alpha value is -4.19. The lowest BCUT2D eigenvalue weighted by Gasteiger charge is -2.16. The van der Waals surface area contributed by atoms with Gasteiger partial charge in [-0.05, 0) is 36.8 Å². The van der Waals surface area contributed by atoms with Crippen LogP contribution in [-0.4, -0.2) is 31.9 Å². The summed E-state index contributed by atoms with van der Waals surface area (Å²) in [6, 6.07) is 8.36. The summed E-state index contributed by atoms with van der Waals surface area (Å²) in [5.41, 5.74) is 6.66. The fourth-order valence-electron chi connectivity index (χ4n) is 3.69. The summed E-state index contributed by atoms with van der Waals surface area (Å²) >= 11 is 0. The number of ether oxygens (including phenoxy) is 1. The Morgan fingerprint density at radius 3 is 2.60 bits per heavy atom. The van der Waals surface area contributed by atoms with Gasteiger partial charge in [-0.15, -0.1) is 13.2 Å². The fourth-order valence-corrected chi connectivity index (χ4v) is 3.69. The Bertz CT molecular complexity index is 1430. The van der Waals surface area contributed by atoms with E-state index >= 15 is 0 Å². The molecule has 12 heteroatoms. The molecular weight excluding hydrogens is 470 g/mol. The topological polar surface area (TPSA) is 115 Å². The van der Waals surface area contributed by atoms with E-state index in [4.69, 9.17) is 5.73 Å². The van der Waals surface area contributed by atoms with Crippen molar-refractivity contribution in [1.82, 2.24) is 14.5 Å². The van der Waals surface area contributed by atoms with E-state index in [2.05, 4.69) is 20.0 Å². The quantitative estimate of drug-likeness (QED) is 0.362. The van der Waals surface area contributed by atoms with Gasteiger partial charge in [-0.1, -0.05) is 12.1 Å². The van der Waals surface area contributed by atoms with Crippen LogP contribution in [0.4, 0.5) is 29.1 Å². The van der Waals surface area contributed by atoms with Crippen LogP contribution in [0, 0.1) is 12.7 Å². The highest BCUT2D eigenvalue weighted by Crippen LogP contribution is 2.41. The minimum absolute atomic E-state index is 0.0209. The van der Waals surface area contributed by atoms with Crippen molar-refractivity contribution >= 4 is 28.4 Å². The average molecular weight is 489 g/mol. The first-order valence-corrected chi connectivity index (χ1v) is 10.2. The van der Waals surface area contributed by atoms with Gasteiger partial charge in [0.1, 0.15) is 28.9 Å². The third-order valence-corrected chi connectivity index (χ3v) is 5.13. The standard InChI is InChI=1S/C23H19F4N5O3/c1-11-29-20(28)18-16(10-32(2)21(18)30-11)15-7-6-14(9-17(15)35-23(25,26)27)31-22(34)19(33)12-4-3-5-13(24)8-12/h3-10,19,33H,1-2H3,(H,31,34)(H2,28,29,30)/t19-/m1/s1. The zero-order valence-corrected chi connectivity index (χ0v) is 18.4. The lowest BCUT2D eigenvalue weighted by atomic mass is 10.0. The Morgan fingerprint density at radius 2 is 1.91 bits per heavy atom. The Morgan fingerprint density at radius 1 is 1.17 bits per heavy atom. The zero-order valence-electron chi connectivity index (χ0n) is 18.4. The molecule has 4 N–H and O–H groups in total. The van der Waals surface area contributed by atoms with Gasteiger partial charge < -0.3 is 25.5 Å². The predicted octanol–water partition coefficient (Wildman–Crippen LogP) is 4.24. The van der Waals surface area contributed by atoms with Crippen molar-refractivity contribution in [3.05, 3.63) is 65.9 Å². The molecule has 1 atom stereocenters. The minimum atomic E-state index is -5.04. The summed E-state index contributed by atoms with van der Waals surface area (Å²) in [4.78, 5) is 20.8. The van der Waals surface area contributed by atoms with E-state index < -0.39 is 29.9 Å². The van der Waals surface area contributed by atoms with Gasteiger partial charge in [-0.2, -0.15) is 0 Å². The van der Waals surface area contributed by atoms with Crippen molar-refractivity contribution in [2.75, 3.05) is 11.1 Å². The molecule has 4 aromatic rings. The maximum atomic E-state index is 13.4. The molecule has 2 aromatic heterocycles. The SMILES string of the molecule is Cc1nc(N)c2c(-c3ccc(NC(=O)[C@H](O)c4cccc(F)c4)cc3OC(F)(F)F)cn(C)c2n1. The number of aromatic nitrogens is 3. The number of nitrogens with one attached hydrogen (secondary N) is 1. The second-order valence-electron chi connectivity index (χ2n) is 7.71. The van der Waals surface area contributed by atoms with E-state index in [0.717, 1.165) is 18.2 Å². The van der Waals surface area contributed by atoms with Crippen LogP contribution < -0.4 is 15.8 Å². The second-order valence-corrected chi connectivity index (χ2v) is 7.71. The van der Waals surface area contributed by atoms with E-state index in [1.54, 1.807) is 24.7 Å². The molecule has 4 rings (SSSR count). The molecule has 2 heterocycles. The van der Waals surface area contributed by atoms with E-state index in [1.807, 2.05) is 0 Å². The molecule has 2 aromatic carbocycles. The number of benzene rings is 2. The molecule has 182 valence electrons. The van der Waals surface area contributed by atoms with Gasteiger partial charge in [0, 0.05) is 36.1 Å². The number of halogens is 4. The number of carbonyl (C=O) groups excluding carboxylic acids is 1. The summed E-state index contributed by atoms with van der Waals surface area (Å²) < 4.78 is 58.9. The number of aryl methyl sites for hydroxylation is 2. The number of nitrogens with two attached hydrogens (primary N) is 1. The lowest BCUT2D eigenvalue weighted by molar-refractivity contribution is -0.274. The van der Waals surface area contributed by atoms with Gasteiger partial charge in [0.05, 0.1) is 5.39 Å². The van der Waals surface area contributed by atoms with Gasteiger partial charge >= 0.3 is 6.36 Å². The first-order chi connectivity index (χ1) is 16.4. The van der Waals surface area contributed by atoms with Crippen molar-refractivity contribution in [2.45, 2.75) is 19.4 Å². The van der Waals surface area contributed by atoms with Crippen LogP contribution in [-0.2, 0) is 11.8 Å². The average Bonchev–Trinajstić information content (AvgIpc) is 3.08. The fraction of sp³-hybridized carbons (Fsp3) is 0.174. The Kier molecular flexibility index (Phi) is 6.07. The van der Waals surface area contributed by atoms with Crippen molar-refractivity contribution in [3.8, 4) is 16.9 Å². The van der Waals surface area contributed by atoms with Gasteiger partial charge in [-0.25, -0.2) is 14.4 Å². The summed E-state index contributed by atoms with van der Waals surface area (Å²) in [5, 5.41) is 12.9.